The molecule has 2 heterocycles. The molecule has 0 saturated heterocycles. The highest BCUT2D eigenvalue weighted by Gasteiger charge is 2.36. The van der Waals surface area contributed by atoms with Crippen molar-refractivity contribution in [1.82, 2.24) is 9.78 Å². The molecule has 3 aromatic rings. The zero-order valence-electron chi connectivity index (χ0n) is 14.4. The predicted octanol–water partition coefficient (Wildman–Crippen LogP) is 4.32. The molecule has 2 N–H and O–H groups in total. The first-order valence-electron chi connectivity index (χ1n) is 9.04. The van der Waals surface area contributed by atoms with Crippen molar-refractivity contribution in [2.75, 3.05) is 17.2 Å². The van der Waals surface area contributed by atoms with Crippen LogP contribution < -0.4 is 10.6 Å². The van der Waals surface area contributed by atoms with Gasteiger partial charge in [0.2, 0.25) is 0 Å². The van der Waals surface area contributed by atoms with Gasteiger partial charge in [-0.25, -0.2) is 4.68 Å². The molecule has 1 aliphatic carbocycles. The highest BCUT2D eigenvalue weighted by Crippen LogP contribution is 2.42. The van der Waals surface area contributed by atoms with Crippen LogP contribution in [0, 0.1) is 12.8 Å². The molecular formula is C21H22N4. The largest absolute Gasteiger partial charge is 0.383 e. The van der Waals surface area contributed by atoms with E-state index in [-0.39, 0.29) is 0 Å². The van der Waals surface area contributed by atoms with E-state index >= 15 is 0 Å². The number of fused-ring (bicyclic) bond motifs is 4. The van der Waals surface area contributed by atoms with Gasteiger partial charge in [0.25, 0.3) is 0 Å². The van der Waals surface area contributed by atoms with E-state index in [0.29, 0.717) is 12.0 Å². The van der Waals surface area contributed by atoms with Crippen molar-refractivity contribution in [1.29, 1.82) is 0 Å². The van der Waals surface area contributed by atoms with E-state index in [9.17, 15) is 0 Å². The summed E-state index contributed by atoms with van der Waals surface area (Å²) >= 11 is 0. The third-order valence-corrected chi connectivity index (χ3v) is 5.53. The van der Waals surface area contributed by atoms with Crippen LogP contribution in [0.3, 0.4) is 0 Å². The molecule has 126 valence electrons. The van der Waals surface area contributed by atoms with Gasteiger partial charge in [-0.3, -0.25) is 0 Å². The molecule has 4 heteroatoms. The van der Waals surface area contributed by atoms with Gasteiger partial charge < -0.3 is 10.6 Å². The Morgan fingerprint density at radius 1 is 1.00 bits per heavy atom. The zero-order chi connectivity index (χ0) is 16.8. The van der Waals surface area contributed by atoms with Crippen LogP contribution in [0.5, 0.6) is 0 Å². The molecule has 0 saturated carbocycles. The van der Waals surface area contributed by atoms with E-state index in [4.69, 9.17) is 5.10 Å². The lowest BCUT2D eigenvalue weighted by atomic mass is 9.81. The second kappa shape index (κ2) is 5.66. The topological polar surface area (TPSA) is 41.9 Å². The van der Waals surface area contributed by atoms with Crippen LogP contribution in [0.15, 0.2) is 54.6 Å². The summed E-state index contributed by atoms with van der Waals surface area (Å²) in [5, 5.41) is 12.3. The van der Waals surface area contributed by atoms with E-state index < -0.39 is 0 Å². The lowest BCUT2D eigenvalue weighted by molar-refractivity contribution is 0.416. The standard InChI is InChI=1S/C21H22N4/c1-14-20-19(25(24-14)16-7-3-2-4-8-16)12-11-15-13-22-17-9-5-6-10-18(17)23-21(15)20/h2-10,15,21-23H,11-13H2,1H3. The number of para-hydroxylation sites is 3. The Balaban J connectivity index is 1.61. The SMILES string of the molecule is Cc1nn(-c2ccccc2)c2c1C1Nc3ccccc3NCC1CC2. The Morgan fingerprint density at radius 2 is 1.76 bits per heavy atom. The molecule has 1 aliphatic heterocycles. The van der Waals surface area contributed by atoms with Crippen molar-refractivity contribution >= 4 is 11.4 Å². The van der Waals surface area contributed by atoms with Crippen LogP contribution in [0.2, 0.25) is 0 Å². The lowest BCUT2D eigenvalue weighted by Crippen LogP contribution is -2.29. The zero-order valence-corrected chi connectivity index (χ0v) is 14.4. The fraction of sp³-hybridized carbons (Fsp3) is 0.286. The normalized spacial score (nSPS) is 21.2. The Labute approximate surface area is 147 Å². The molecule has 0 bridgehead atoms. The summed E-state index contributed by atoms with van der Waals surface area (Å²) in [5.74, 6) is 0.576. The van der Waals surface area contributed by atoms with Gasteiger partial charge in [-0.05, 0) is 44.0 Å². The number of rotatable bonds is 1. The third kappa shape index (κ3) is 2.32. The van der Waals surface area contributed by atoms with E-state index in [0.717, 1.165) is 24.3 Å². The first-order valence-corrected chi connectivity index (χ1v) is 9.04. The van der Waals surface area contributed by atoms with Crippen molar-refractivity contribution in [2.45, 2.75) is 25.8 Å². The van der Waals surface area contributed by atoms with E-state index in [1.807, 2.05) is 0 Å². The fourth-order valence-corrected chi connectivity index (χ4v) is 4.32. The van der Waals surface area contributed by atoms with Crippen molar-refractivity contribution in [3.05, 3.63) is 71.5 Å². The summed E-state index contributed by atoms with van der Waals surface area (Å²) in [6.45, 7) is 3.15. The van der Waals surface area contributed by atoms with E-state index in [2.05, 4.69) is 76.8 Å². The molecule has 2 aromatic carbocycles. The average Bonchev–Trinajstić information content (AvgIpc) is 2.88. The van der Waals surface area contributed by atoms with Crippen LogP contribution in [-0.4, -0.2) is 16.3 Å². The quantitative estimate of drug-likeness (QED) is 0.698. The summed E-state index contributed by atoms with van der Waals surface area (Å²) in [6, 6.07) is 19.3. The van der Waals surface area contributed by atoms with Gasteiger partial charge in [-0.15, -0.1) is 0 Å². The van der Waals surface area contributed by atoms with Crippen LogP contribution in [0.4, 0.5) is 11.4 Å². The number of aromatic nitrogens is 2. The van der Waals surface area contributed by atoms with Gasteiger partial charge >= 0.3 is 0 Å². The summed E-state index contributed by atoms with van der Waals surface area (Å²) in [7, 11) is 0. The highest BCUT2D eigenvalue weighted by molar-refractivity contribution is 5.70. The molecule has 0 amide bonds. The molecule has 5 rings (SSSR count). The van der Waals surface area contributed by atoms with Gasteiger partial charge in [-0.2, -0.15) is 5.10 Å². The fourth-order valence-electron chi connectivity index (χ4n) is 4.32. The molecule has 2 aliphatic rings. The molecule has 0 spiro atoms. The Kier molecular flexibility index (Phi) is 3.30. The third-order valence-electron chi connectivity index (χ3n) is 5.53. The Morgan fingerprint density at radius 3 is 2.60 bits per heavy atom. The number of aryl methyl sites for hydroxylation is 1. The first kappa shape index (κ1) is 14.6. The highest BCUT2D eigenvalue weighted by atomic mass is 15.3. The van der Waals surface area contributed by atoms with E-state index in [1.54, 1.807) is 0 Å². The minimum atomic E-state index is 0.317. The van der Waals surface area contributed by atoms with Crippen LogP contribution >= 0.6 is 0 Å². The summed E-state index contributed by atoms with van der Waals surface area (Å²) in [6.07, 6.45) is 2.25. The van der Waals surface area contributed by atoms with Gasteiger partial charge in [0.1, 0.15) is 0 Å². The van der Waals surface area contributed by atoms with E-state index in [1.165, 1.54) is 29.1 Å². The molecule has 2 unspecified atom stereocenters. The average molecular weight is 330 g/mol. The number of hydrogen-bond donors (Lipinski definition) is 2. The van der Waals surface area contributed by atoms with Crippen molar-refractivity contribution in [3.63, 3.8) is 0 Å². The minimum Gasteiger partial charge on any atom is -0.383 e. The molecule has 25 heavy (non-hydrogen) atoms. The van der Waals surface area contributed by atoms with Crippen molar-refractivity contribution in [2.24, 2.45) is 5.92 Å². The number of benzene rings is 2. The van der Waals surface area contributed by atoms with Crippen molar-refractivity contribution < 1.29 is 0 Å². The maximum absolute atomic E-state index is 4.90. The van der Waals surface area contributed by atoms with Crippen molar-refractivity contribution in [3.8, 4) is 5.69 Å². The minimum absolute atomic E-state index is 0.317. The van der Waals surface area contributed by atoms with Gasteiger partial charge in [-0.1, -0.05) is 30.3 Å². The molecule has 0 fully saturated rings. The summed E-state index contributed by atoms with van der Waals surface area (Å²) in [4.78, 5) is 0. The number of nitrogens with one attached hydrogen (secondary N) is 2. The van der Waals surface area contributed by atoms with Gasteiger partial charge in [0, 0.05) is 23.7 Å². The lowest BCUT2D eigenvalue weighted by Gasteiger charge is -2.31. The van der Waals surface area contributed by atoms with Gasteiger partial charge in [0.15, 0.2) is 0 Å². The van der Waals surface area contributed by atoms with Crippen LogP contribution in [-0.2, 0) is 6.42 Å². The second-order valence-corrected chi connectivity index (χ2v) is 7.04. The molecular weight excluding hydrogens is 308 g/mol. The Hall–Kier alpha value is -2.75. The Bertz CT molecular complexity index is 913. The molecule has 2 atom stereocenters. The summed E-state index contributed by atoms with van der Waals surface area (Å²) < 4.78 is 2.15. The predicted molar refractivity (Wildman–Crippen MR) is 101 cm³/mol. The number of hydrogen-bond acceptors (Lipinski definition) is 3. The number of nitrogens with zero attached hydrogens (tertiary/aromatic N) is 2. The molecule has 1 aromatic heterocycles. The summed E-state index contributed by atoms with van der Waals surface area (Å²) in [5.41, 5.74) is 7.43. The maximum Gasteiger partial charge on any atom is 0.0653 e. The smallest absolute Gasteiger partial charge is 0.0653 e. The first-order chi connectivity index (χ1) is 12.3. The number of anilines is 2. The molecule has 4 nitrogen and oxygen atoms in total. The van der Waals surface area contributed by atoms with Crippen LogP contribution in [0.25, 0.3) is 5.69 Å². The monoisotopic (exact) mass is 330 g/mol. The van der Waals surface area contributed by atoms with Crippen LogP contribution in [0.1, 0.15) is 29.4 Å². The van der Waals surface area contributed by atoms with Gasteiger partial charge in [0.05, 0.1) is 28.8 Å². The maximum atomic E-state index is 4.90. The molecule has 0 radical (unpaired) electrons. The second-order valence-electron chi connectivity index (χ2n) is 7.04.